The highest BCUT2D eigenvalue weighted by molar-refractivity contribution is 6.31. The molecule has 1 fully saturated rings. The topological polar surface area (TPSA) is 81.1 Å². The van der Waals surface area contributed by atoms with E-state index in [9.17, 15) is 4.39 Å². The Morgan fingerprint density at radius 1 is 1.23 bits per heavy atom. The number of hydrogen-bond donors (Lipinski definition) is 1. The van der Waals surface area contributed by atoms with Gasteiger partial charge in [-0.25, -0.2) is 9.37 Å². The molecule has 3 aromatic rings. The molecule has 6 nitrogen and oxygen atoms in total. The molecule has 2 aromatic heterocycles. The summed E-state index contributed by atoms with van der Waals surface area (Å²) in [6.45, 7) is 5.14. The molecule has 26 heavy (non-hydrogen) atoms. The molecule has 4 rings (SSSR count). The molecule has 0 unspecified atom stereocenters. The maximum atomic E-state index is 14.5. The normalized spacial score (nSPS) is 15.8. The van der Waals surface area contributed by atoms with Crippen LogP contribution in [0.25, 0.3) is 22.4 Å². The molecule has 0 saturated carbocycles. The monoisotopic (exact) mass is 375 g/mol. The summed E-state index contributed by atoms with van der Waals surface area (Å²) in [5, 5.41) is 4.86. The first kappa shape index (κ1) is 17.2. The Balaban J connectivity index is 1.98. The third kappa shape index (κ3) is 2.91. The van der Waals surface area contributed by atoms with Gasteiger partial charge in [-0.1, -0.05) is 16.8 Å². The number of halogens is 2. The van der Waals surface area contributed by atoms with Gasteiger partial charge in [0.15, 0.2) is 11.6 Å². The molecule has 3 heterocycles. The van der Waals surface area contributed by atoms with Crippen LogP contribution in [0.4, 0.5) is 10.2 Å². The smallest absolute Gasteiger partial charge is 0.261 e. The minimum Gasteiger partial charge on any atom is -0.356 e. The number of aromatic nitrogens is 3. The highest BCUT2D eigenvalue weighted by Gasteiger charge is 2.26. The van der Waals surface area contributed by atoms with Gasteiger partial charge >= 0.3 is 0 Å². The Morgan fingerprint density at radius 3 is 2.62 bits per heavy atom. The summed E-state index contributed by atoms with van der Waals surface area (Å²) in [6.07, 6.45) is 1.70. The largest absolute Gasteiger partial charge is 0.356 e. The third-order valence-electron chi connectivity index (χ3n) is 4.83. The highest BCUT2D eigenvalue weighted by atomic mass is 35.5. The van der Waals surface area contributed by atoms with Gasteiger partial charge < -0.3 is 15.2 Å². The zero-order valence-corrected chi connectivity index (χ0v) is 15.3. The third-order valence-corrected chi connectivity index (χ3v) is 5.05. The second kappa shape index (κ2) is 6.48. The molecule has 2 N–H and O–H groups in total. The quantitative estimate of drug-likeness (QED) is 0.736. The van der Waals surface area contributed by atoms with Gasteiger partial charge in [-0.2, -0.15) is 4.98 Å². The van der Waals surface area contributed by atoms with Crippen molar-refractivity contribution >= 4 is 28.3 Å². The van der Waals surface area contributed by atoms with Gasteiger partial charge in [0.1, 0.15) is 11.3 Å². The molecule has 1 aliphatic heterocycles. The van der Waals surface area contributed by atoms with Crippen molar-refractivity contribution in [2.75, 3.05) is 18.0 Å². The van der Waals surface area contributed by atoms with Crippen molar-refractivity contribution in [1.82, 2.24) is 15.1 Å². The standard InChI is InChI=1S/C18H19ClFN5O/c1-9-13-7-11(19)8-14(20)16(13)23-17(25-5-3-12(21)4-6-25)15(9)18-22-10(2)24-26-18/h7-8,12H,3-6,21H2,1-2H3. The maximum absolute atomic E-state index is 14.5. The van der Waals surface area contributed by atoms with Crippen LogP contribution >= 0.6 is 11.6 Å². The number of piperidine rings is 1. The van der Waals surface area contributed by atoms with Crippen molar-refractivity contribution < 1.29 is 8.91 Å². The Labute approximate surface area is 155 Å². The van der Waals surface area contributed by atoms with E-state index < -0.39 is 5.82 Å². The number of fused-ring (bicyclic) bond motifs is 1. The van der Waals surface area contributed by atoms with E-state index >= 15 is 0 Å². The molecular formula is C18H19ClFN5O. The minimum atomic E-state index is -0.446. The first-order valence-electron chi connectivity index (χ1n) is 8.54. The van der Waals surface area contributed by atoms with Crippen LogP contribution < -0.4 is 10.6 Å². The van der Waals surface area contributed by atoms with E-state index in [4.69, 9.17) is 21.9 Å². The van der Waals surface area contributed by atoms with Gasteiger partial charge in [0.2, 0.25) is 0 Å². The van der Waals surface area contributed by atoms with Crippen molar-refractivity contribution in [2.45, 2.75) is 32.7 Å². The summed E-state index contributed by atoms with van der Waals surface area (Å²) in [7, 11) is 0. The Hall–Kier alpha value is -2.25. The van der Waals surface area contributed by atoms with E-state index in [1.54, 1.807) is 13.0 Å². The van der Waals surface area contributed by atoms with Crippen molar-refractivity contribution in [3.05, 3.63) is 34.4 Å². The summed E-state index contributed by atoms with van der Waals surface area (Å²) in [5.41, 5.74) is 7.84. The summed E-state index contributed by atoms with van der Waals surface area (Å²) < 4.78 is 20.0. The lowest BCUT2D eigenvalue weighted by Crippen LogP contribution is -2.40. The molecule has 0 bridgehead atoms. The summed E-state index contributed by atoms with van der Waals surface area (Å²) >= 11 is 6.06. The molecular weight excluding hydrogens is 357 g/mol. The molecule has 0 amide bonds. The molecule has 0 atom stereocenters. The van der Waals surface area contributed by atoms with E-state index in [1.165, 1.54) is 6.07 Å². The van der Waals surface area contributed by atoms with Crippen LogP contribution in [0.1, 0.15) is 24.2 Å². The van der Waals surface area contributed by atoms with Crippen LogP contribution in [0.2, 0.25) is 5.02 Å². The fourth-order valence-corrected chi connectivity index (χ4v) is 3.63. The molecule has 1 aliphatic rings. The van der Waals surface area contributed by atoms with Crippen LogP contribution in [-0.2, 0) is 0 Å². The van der Waals surface area contributed by atoms with E-state index in [0.29, 0.717) is 27.9 Å². The van der Waals surface area contributed by atoms with Crippen molar-refractivity contribution in [3.8, 4) is 11.5 Å². The number of aryl methyl sites for hydroxylation is 2. The fourth-order valence-electron chi connectivity index (χ4n) is 3.42. The van der Waals surface area contributed by atoms with Crippen molar-refractivity contribution in [2.24, 2.45) is 5.73 Å². The van der Waals surface area contributed by atoms with Crippen LogP contribution in [0.15, 0.2) is 16.7 Å². The fraction of sp³-hybridized carbons (Fsp3) is 0.389. The summed E-state index contributed by atoms with van der Waals surface area (Å²) in [5.74, 6) is 1.11. The van der Waals surface area contributed by atoms with E-state index in [-0.39, 0.29) is 11.6 Å². The predicted molar refractivity (Wildman–Crippen MR) is 98.9 cm³/mol. The Kier molecular flexibility index (Phi) is 4.28. The zero-order chi connectivity index (χ0) is 18.4. The average Bonchev–Trinajstić information content (AvgIpc) is 3.02. The lowest BCUT2D eigenvalue weighted by molar-refractivity contribution is 0.425. The van der Waals surface area contributed by atoms with Gasteiger partial charge in [-0.05, 0) is 44.4 Å². The van der Waals surface area contributed by atoms with Crippen LogP contribution in [0.5, 0.6) is 0 Å². The average molecular weight is 376 g/mol. The Morgan fingerprint density at radius 2 is 1.96 bits per heavy atom. The number of rotatable bonds is 2. The molecule has 0 radical (unpaired) electrons. The highest BCUT2D eigenvalue weighted by Crippen LogP contribution is 2.38. The van der Waals surface area contributed by atoms with Gasteiger partial charge in [-0.3, -0.25) is 0 Å². The van der Waals surface area contributed by atoms with E-state index in [2.05, 4.69) is 20.0 Å². The lowest BCUT2D eigenvalue weighted by Gasteiger charge is -2.32. The molecule has 1 saturated heterocycles. The number of anilines is 1. The number of hydrogen-bond acceptors (Lipinski definition) is 6. The molecule has 0 spiro atoms. The first-order valence-corrected chi connectivity index (χ1v) is 8.92. The SMILES string of the molecule is Cc1noc(-c2c(N3CCC(N)CC3)nc3c(F)cc(Cl)cc3c2C)n1. The summed E-state index contributed by atoms with van der Waals surface area (Å²) in [6, 6.07) is 3.17. The number of benzene rings is 1. The second-order valence-corrected chi connectivity index (χ2v) is 7.13. The van der Waals surface area contributed by atoms with E-state index in [0.717, 1.165) is 37.1 Å². The zero-order valence-electron chi connectivity index (χ0n) is 14.6. The molecule has 136 valence electrons. The lowest BCUT2D eigenvalue weighted by atomic mass is 10.0. The second-order valence-electron chi connectivity index (χ2n) is 6.69. The van der Waals surface area contributed by atoms with Crippen molar-refractivity contribution in [1.29, 1.82) is 0 Å². The minimum absolute atomic E-state index is 0.178. The van der Waals surface area contributed by atoms with E-state index in [1.807, 2.05) is 6.92 Å². The van der Waals surface area contributed by atoms with Gasteiger partial charge in [0.25, 0.3) is 5.89 Å². The predicted octanol–water partition coefficient (Wildman–Crippen LogP) is 3.62. The van der Waals surface area contributed by atoms with Crippen LogP contribution in [0.3, 0.4) is 0 Å². The van der Waals surface area contributed by atoms with Gasteiger partial charge in [0, 0.05) is 29.5 Å². The number of nitrogens with zero attached hydrogens (tertiary/aromatic N) is 4. The first-order chi connectivity index (χ1) is 12.4. The van der Waals surface area contributed by atoms with Crippen molar-refractivity contribution in [3.63, 3.8) is 0 Å². The molecule has 8 heteroatoms. The Bertz CT molecular complexity index is 981. The number of nitrogens with two attached hydrogens (primary N) is 1. The molecule has 0 aliphatic carbocycles. The summed E-state index contributed by atoms with van der Waals surface area (Å²) in [4.78, 5) is 11.1. The van der Waals surface area contributed by atoms with Crippen LogP contribution in [0, 0.1) is 19.7 Å². The molecule has 1 aromatic carbocycles. The van der Waals surface area contributed by atoms with Crippen LogP contribution in [-0.4, -0.2) is 34.3 Å². The number of pyridine rings is 1. The van der Waals surface area contributed by atoms with Gasteiger partial charge in [0.05, 0.1) is 5.56 Å². The van der Waals surface area contributed by atoms with Gasteiger partial charge in [-0.15, -0.1) is 0 Å². The maximum Gasteiger partial charge on any atom is 0.261 e.